The summed E-state index contributed by atoms with van der Waals surface area (Å²) in [7, 11) is 0. The number of aromatic hydroxyl groups is 1. The maximum atomic E-state index is 14.4. The second kappa shape index (κ2) is 12.5. The van der Waals surface area contributed by atoms with Gasteiger partial charge in [-0.3, -0.25) is 9.36 Å². The molecular formula is C37H40N2O4S2. The molecule has 0 radical (unpaired) electrons. The highest BCUT2D eigenvalue weighted by atomic mass is 32.2. The number of rotatable bonds is 6. The van der Waals surface area contributed by atoms with E-state index in [0.717, 1.165) is 32.7 Å². The third-order valence-electron chi connectivity index (χ3n) is 7.85. The summed E-state index contributed by atoms with van der Waals surface area (Å²) in [4.78, 5) is 34.6. The Morgan fingerprint density at radius 3 is 2.13 bits per heavy atom. The van der Waals surface area contributed by atoms with Crippen molar-refractivity contribution in [3.8, 4) is 5.75 Å². The average Bonchev–Trinajstić information content (AvgIpc) is 3.30. The molecule has 2 heterocycles. The van der Waals surface area contributed by atoms with Gasteiger partial charge in [0.25, 0.3) is 5.56 Å². The van der Waals surface area contributed by atoms with Crippen molar-refractivity contribution < 1.29 is 14.6 Å². The molecule has 0 amide bonds. The highest BCUT2D eigenvalue weighted by Crippen LogP contribution is 2.40. The first kappa shape index (κ1) is 32.5. The predicted molar refractivity (Wildman–Crippen MR) is 185 cm³/mol. The van der Waals surface area contributed by atoms with Crippen molar-refractivity contribution in [2.75, 3.05) is 12.9 Å². The van der Waals surface area contributed by atoms with Crippen LogP contribution in [0, 0.1) is 0 Å². The summed E-state index contributed by atoms with van der Waals surface area (Å²) in [6, 6.07) is 20.7. The van der Waals surface area contributed by atoms with E-state index in [-0.39, 0.29) is 28.7 Å². The van der Waals surface area contributed by atoms with E-state index >= 15 is 0 Å². The van der Waals surface area contributed by atoms with E-state index in [2.05, 4.69) is 41.5 Å². The monoisotopic (exact) mass is 640 g/mol. The third kappa shape index (κ3) is 6.44. The predicted octanol–water partition coefficient (Wildman–Crippen LogP) is 6.96. The zero-order chi connectivity index (χ0) is 32.7. The Labute approximate surface area is 272 Å². The zero-order valence-electron chi connectivity index (χ0n) is 27.1. The van der Waals surface area contributed by atoms with Crippen molar-refractivity contribution in [1.82, 2.24) is 4.57 Å². The van der Waals surface area contributed by atoms with Crippen LogP contribution in [0.5, 0.6) is 5.75 Å². The maximum Gasteiger partial charge on any atom is 0.338 e. The fraction of sp³-hybridized carbons (Fsp3) is 0.324. The molecule has 0 bridgehead atoms. The minimum atomic E-state index is -0.733. The summed E-state index contributed by atoms with van der Waals surface area (Å²) in [6.07, 6.45) is 3.88. The Balaban J connectivity index is 1.83. The topological polar surface area (TPSA) is 80.9 Å². The molecule has 1 aliphatic rings. The standard InChI is InChI=1S/C37H40N2O4S2/c1-9-43-34(42)29-30(23-13-11-10-12-14-23)38-35-39(31(29)24-15-17-25(44-8)18-16-24)33(41)28(45-35)21-22-19-26(36(2,3)4)32(40)27(20-22)37(5,6)7/h10-21,31,40H,9H2,1-8H3/t31-/m1/s1. The van der Waals surface area contributed by atoms with Crippen LogP contribution in [0.15, 0.2) is 87.0 Å². The number of phenolic OH excluding ortho intramolecular Hbond substituents is 1. The average molecular weight is 641 g/mol. The smallest absolute Gasteiger partial charge is 0.338 e. The SMILES string of the molecule is CCOC(=O)C1=C(c2ccccc2)N=c2sc(=Cc3cc(C(C)(C)C)c(O)c(C(C)(C)C)c3)c(=O)n2[C@@H]1c1ccc(SC)cc1. The van der Waals surface area contributed by atoms with Gasteiger partial charge >= 0.3 is 5.97 Å². The molecule has 0 aliphatic carbocycles. The molecule has 234 valence electrons. The number of hydrogen-bond acceptors (Lipinski definition) is 7. The van der Waals surface area contributed by atoms with Gasteiger partial charge in [0.15, 0.2) is 4.80 Å². The number of phenols is 1. The molecule has 8 heteroatoms. The summed E-state index contributed by atoms with van der Waals surface area (Å²) in [5.41, 5.74) is 3.97. The van der Waals surface area contributed by atoms with E-state index in [1.165, 1.54) is 11.3 Å². The molecular weight excluding hydrogens is 601 g/mol. The minimum absolute atomic E-state index is 0.194. The van der Waals surface area contributed by atoms with Crippen LogP contribution in [0.3, 0.4) is 0 Å². The van der Waals surface area contributed by atoms with Crippen LogP contribution in [-0.2, 0) is 20.4 Å². The highest BCUT2D eigenvalue weighted by molar-refractivity contribution is 7.98. The van der Waals surface area contributed by atoms with Crippen molar-refractivity contribution >= 4 is 40.8 Å². The Morgan fingerprint density at radius 1 is 1.00 bits per heavy atom. The summed E-state index contributed by atoms with van der Waals surface area (Å²) >= 11 is 2.92. The number of aromatic nitrogens is 1. The van der Waals surface area contributed by atoms with Crippen LogP contribution >= 0.6 is 23.1 Å². The van der Waals surface area contributed by atoms with Gasteiger partial charge in [0, 0.05) is 21.6 Å². The summed E-state index contributed by atoms with van der Waals surface area (Å²) in [6.45, 7) is 14.4. The quantitative estimate of drug-likeness (QED) is 0.182. The van der Waals surface area contributed by atoms with Gasteiger partial charge < -0.3 is 9.84 Å². The number of hydrogen-bond donors (Lipinski definition) is 1. The fourth-order valence-electron chi connectivity index (χ4n) is 5.58. The van der Waals surface area contributed by atoms with Gasteiger partial charge in [-0.1, -0.05) is 95.3 Å². The first-order valence-electron chi connectivity index (χ1n) is 15.0. The normalized spacial score (nSPS) is 15.6. The Kier molecular flexibility index (Phi) is 9.02. The lowest BCUT2D eigenvalue weighted by atomic mass is 9.78. The van der Waals surface area contributed by atoms with Crippen LogP contribution in [0.25, 0.3) is 11.8 Å². The number of benzene rings is 3. The van der Waals surface area contributed by atoms with Crippen LogP contribution < -0.4 is 14.9 Å². The Hall–Kier alpha value is -3.88. The molecule has 6 nitrogen and oxygen atoms in total. The number of thioether (sulfide) groups is 1. The van der Waals surface area contributed by atoms with E-state index in [9.17, 15) is 14.7 Å². The summed E-state index contributed by atoms with van der Waals surface area (Å²) in [5, 5.41) is 11.3. The molecule has 45 heavy (non-hydrogen) atoms. The number of nitrogens with zero attached hydrogens (tertiary/aromatic N) is 2. The van der Waals surface area contributed by atoms with E-state index in [0.29, 0.717) is 20.6 Å². The van der Waals surface area contributed by atoms with Gasteiger partial charge in [-0.05, 0) is 65.5 Å². The molecule has 1 aromatic heterocycles. The fourth-order valence-corrected chi connectivity index (χ4v) is 6.99. The molecule has 0 spiro atoms. The van der Waals surface area contributed by atoms with Crippen LogP contribution in [-0.4, -0.2) is 28.5 Å². The van der Waals surface area contributed by atoms with Crippen molar-refractivity contribution in [2.24, 2.45) is 4.99 Å². The van der Waals surface area contributed by atoms with Crippen molar-refractivity contribution in [3.63, 3.8) is 0 Å². The Morgan fingerprint density at radius 2 is 1.60 bits per heavy atom. The van der Waals surface area contributed by atoms with Crippen molar-refractivity contribution in [2.45, 2.75) is 70.2 Å². The van der Waals surface area contributed by atoms with Crippen LogP contribution in [0.4, 0.5) is 0 Å². The molecule has 0 saturated carbocycles. The number of ether oxygens (including phenoxy) is 1. The van der Waals surface area contributed by atoms with Crippen LogP contribution in [0.1, 0.15) is 82.3 Å². The minimum Gasteiger partial charge on any atom is -0.507 e. The van der Waals surface area contributed by atoms with Crippen LogP contribution in [0.2, 0.25) is 0 Å². The molecule has 1 N–H and O–H groups in total. The highest BCUT2D eigenvalue weighted by Gasteiger charge is 2.35. The lowest BCUT2D eigenvalue weighted by Gasteiger charge is -2.27. The molecule has 1 atom stereocenters. The van der Waals surface area contributed by atoms with Gasteiger partial charge in [-0.2, -0.15) is 0 Å². The summed E-state index contributed by atoms with van der Waals surface area (Å²) < 4.78 is 7.70. The second-order valence-corrected chi connectivity index (χ2v) is 15.1. The number of fused-ring (bicyclic) bond motifs is 1. The Bertz CT molecular complexity index is 1920. The van der Waals surface area contributed by atoms with E-state index < -0.39 is 12.0 Å². The molecule has 5 rings (SSSR count). The molecule has 0 fully saturated rings. The van der Waals surface area contributed by atoms with Crippen molar-refractivity contribution in [3.05, 3.63) is 120 Å². The van der Waals surface area contributed by atoms with E-state index in [1.807, 2.05) is 79.1 Å². The number of carbonyl (C=O) groups is 1. The molecule has 3 aromatic carbocycles. The molecule has 0 saturated heterocycles. The lowest BCUT2D eigenvalue weighted by Crippen LogP contribution is -2.40. The van der Waals surface area contributed by atoms with E-state index in [1.54, 1.807) is 23.3 Å². The second-order valence-electron chi connectivity index (χ2n) is 13.2. The number of esters is 1. The lowest BCUT2D eigenvalue weighted by molar-refractivity contribution is -0.138. The zero-order valence-corrected chi connectivity index (χ0v) is 28.7. The largest absolute Gasteiger partial charge is 0.507 e. The molecule has 1 aliphatic heterocycles. The first-order valence-corrected chi connectivity index (χ1v) is 17.1. The number of thiazole rings is 1. The van der Waals surface area contributed by atoms with Gasteiger partial charge in [0.1, 0.15) is 5.75 Å². The first-order chi connectivity index (χ1) is 21.2. The third-order valence-corrected chi connectivity index (χ3v) is 9.58. The molecule has 4 aromatic rings. The number of carbonyl (C=O) groups excluding carboxylic acids is 1. The van der Waals surface area contributed by atoms with Crippen molar-refractivity contribution in [1.29, 1.82) is 0 Å². The van der Waals surface area contributed by atoms with E-state index in [4.69, 9.17) is 9.73 Å². The van der Waals surface area contributed by atoms with Gasteiger partial charge in [0.05, 0.1) is 28.5 Å². The van der Waals surface area contributed by atoms with Gasteiger partial charge in [-0.15, -0.1) is 11.8 Å². The van der Waals surface area contributed by atoms with Gasteiger partial charge in [-0.25, -0.2) is 9.79 Å². The maximum absolute atomic E-state index is 14.4. The summed E-state index contributed by atoms with van der Waals surface area (Å²) in [5.74, 6) is -0.217. The van der Waals surface area contributed by atoms with Gasteiger partial charge in [0.2, 0.25) is 0 Å². The molecule has 0 unspecified atom stereocenters.